The summed E-state index contributed by atoms with van der Waals surface area (Å²) in [5, 5.41) is 0. The van der Waals surface area contributed by atoms with Crippen LogP contribution in [0.3, 0.4) is 0 Å². The van der Waals surface area contributed by atoms with Crippen molar-refractivity contribution in [3.63, 3.8) is 0 Å². The average molecular weight is 244 g/mol. The van der Waals surface area contributed by atoms with Crippen molar-refractivity contribution in [3.8, 4) is 0 Å². The third-order valence-electron chi connectivity index (χ3n) is 2.46. The smallest absolute Gasteiger partial charge is 0.153 e. The number of hydrogen-bond donors (Lipinski definition) is 0. The van der Waals surface area contributed by atoms with Gasteiger partial charge in [-0.25, -0.2) is 8.42 Å². The van der Waals surface area contributed by atoms with Crippen LogP contribution in [0.15, 0.2) is 25.1 Å². The van der Waals surface area contributed by atoms with E-state index in [1.165, 1.54) is 6.08 Å². The summed E-state index contributed by atoms with van der Waals surface area (Å²) in [6.45, 7) is 5.27. The van der Waals surface area contributed by atoms with Crippen LogP contribution in [0, 0.1) is 0 Å². The van der Waals surface area contributed by atoms with E-state index in [9.17, 15) is 8.42 Å². The molecule has 0 spiro atoms. The van der Waals surface area contributed by atoms with E-state index in [1.807, 2.05) is 19.4 Å². The summed E-state index contributed by atoms with van der Waals surface area (Å²) in [7, 11) is -0.884. The van der Waals surface area contributed by atoms with Gasteiger partial charge in [0.15, 0.2) is 9.84 Å². The second kappa shape index (κ2) is 5.94. The standard InChI is InChI=1S/C11H20N2O2S/c1-3-9-16(14,15)10-5-4-6-13-8-7-12(2)11-13/h3,7-8H,1,4-6,9-11H2,2H3. The molecule has 0 atom stereocenters. The zero-order chi connectivity index (χ0) is 12.0. The van der Waals surface area contributed by atoms with Crippen molar-refractivity contribution in [2.45, 2.75) is 12.8 Å². The molecule has 1 heterocycles. The predicted molar refractivity (Wildman–Crippen MR) is 66.6 cm³/mol. The molecule has 0 saturated heterocycles. The van der Waals surface area contributed by atoms with Crippen LogP contribution < -0.4 is 0 Å². The monoisotopic (exact) mass is 244 g/mol. The number of hydrogen-bond acceptors (Lipinski definition) is 4. The van der Waals surface area contributed by atoms with E-state index in [2.05, 4.69) is 16.4 Å². The van der Waals surface area contributed by atoms with Gasteiger partial charge in [0.1, 0.15) is 0 Å². The van der Waals surface area contributed by atoms with Gasteiger partial charge in [-0.3, -0.25) is 0 Å². The fourth-order valence-electron chi connectivity index (χ4n) is 1.63. The van der Waals surface area contributed by atoms with Crippen molar-refractivity contribution in [1.82, 2.24) is 9.80 Å². The third-order valence-corrected chi connectivity index (χ3v) is 4.11. The molecule has 0 aliphatic carbocycles. The van der Waals surface area contributed by atoms with Gasteiger partial charge in [-0.05, 0) is 12.8 Å². The predicted octanol–water partition coefficient (Wildman–Crippen LogP) is 1.04. The highest BCUT2D eigenvalue weighted by Gasteiger charge is 2.10. The second-order valence-electron chi connectivity index (χ2n) is 4.12. The van der Waals surface area contributed by atoms with Crippen LogP contribution in [0.1, 0.15) is 12.8 Å². The van der Waals surface area contributed by atoms with Crippen molar-refractivity contribution in [2.24, 2.45) is 0 Å². The topological polar surface area (TPSA) is 40.6 Å². The highest BCUT2D eigenvalue weighted by molar-refractivity contribution is 7.91. The number of rotatable bonds is 7. The van der Waals surface area contributed by atoms with Crippen LogP contribution in [0.2, 0.25) is 0 Å². The molecule has 0 unspecified atom stereocenters. The van der Waals surface area contributed by atoms with Gasteiger partial charge in [0.05, 0.1) is 18.2 Å². The van der Waals surface area contributed by atoms with Crippen molar-refractivity contribution in [1.29, 1.82) is 0 Å². The Bertz CT molecular complexity index is 349. The Hall–Kier alpha value is -0.970. The minimum atomic E-state index is -2.90. The van der Waals surface area contributed by atoms with Crippen molar-refractivity contribution in [3.05, 3.63) is 25.1 Å². The van der Waals surface area contributed by atoms with Crippen LogP contribution in [-0.2, 0) is 9.84 Å². The van der Waals surface area contributed by atoms with Crippen LogP contribution in [0.4, 0.5) is 0 Å². The average Bonchev–Trinajstić information content (AvgIpc) is 2.59. The van der Waals surface area contributed by atoms with E-state index < -0.39 is 9.84 Å². The van der Waals surface area contributed by atoms with E-state index in [1.54, 1.807) is 0 Å². The molecule has 0 fully saturated rings. The van der Waals surface area contributed by atoms with Gasteiger partial charge in [0.25, 0.3) is 0 Å². The van der Waals surface area contributed by atoms with Gasteiger partial charge in [-0.15, -0.1) is 6.58 Å². The van der Waals surface area contributed by atoms with Crippen molar-refractivity contribution in [2.75, 3.05) is 31.8 Å². The minimum Gasteiger partial charge on any atom is -0.362 e. The summed E-state index contributed by atoms with van der Waals surface area (Å²) in [5.74, 6) is 0.367. The highest BCUT2D eigenvalue weighted by Crippen LogP contribution is 2.06. The lowest BCUT2D eigenvalue weighted by Gasteiger charge is -2.17. The van der Waals surface area contributed by atoms with E-state index in [0.717, 1.165) is 26.1 Å². The molecule has 0 N–H and O–H groups in total. The Morgan fingerprint density at radius 1 is 1.38 bits per heavy atom. The molecule has 0 aromatic rings. The largest absolute Gasteiger partial charge is 0.362 e. The summed E-state index contributed by atoms with van der Waals surface area (Å²) >= 11 is 0. The lowest BCUT2D eigenvalue weighted by molar-refractivity contribution is 0.293. The Morgan fingerprint density at radius 2 is 2.12 bits per heavy atom. The molecule has 92 valence electrons. The van der Waals surface area contributed by atoms with Crippen LogP contribution >= 0.6 is 0 Å². The van der Waals surface area contributed by atoms with E-state index >= 15 is 0 Å². The Kier molecular flexibility index (Phi) is 4.86. The summed E-state index contributed by atoms with van der Waals surface area (Å²) in [5.41, 5.74) is 0. The number of nitrogens with zero attached hydrogens (tertiary/aromatic N) is 2. The Labute approximate surface area is 98.1 Å². The molecule has 1 aliphatic heterocycles. The molecule has 0 bridgehead atoms. The zero-order valence-electron chi connectivity index (χ0n) is 9.80. The van der Waals surface area contributed by atoms with Crippen LogP contribution in [-0.4, -0.2) is 50.0 Å². The van der Waals surface area contributed by atoms with Gasteiger partial charge >= 0.3 is 0 Å². The zero-order valence-corrected chi connectivity index (χ0v) is 10.6. The number of sulfone groups is 1. The maximum absolute atomic E-state index is 11.4. The molecule has 5 heteroatoms. The first-order chi connectivity index (χ1) is 7.53. The Balaban J connectivity index is 2.13. The van der Waals surface area contributed by atoms with Crippen LogP contribution in [0.5, 0.6) is 0 Å². The molecular formula is C11H20N2O2S. The normalized spacial score (nSPS) is 15.8. The van der Waals surface area contributed by atoms with Gasteiger partial charge in [-0.1, -0.05) is 6.08 Å². The van der Waals surface area contributed by atoms with E-state index in [0.29, 0.717) is 0 Å². The maximum Gasteiger partial charge on any atom is 0.153 e. The second-order valence-corrected chi connectivity index (χ2v) is 6.35. The first-order valence-corrected chi connectivity index (χ1v) is 7.29. The molecule has 0 aromatic heterocycles. The van der Waals surface area contributed by atoms with Gasteiger partial charge in [0.2, 0.25) is 0 Å². The van der Waals surface area contributed by atoms with Gasteiger partial charge < -0.3 is 9.80 Å². The molecular weight excluding hydrogens is 224 g/mol. The summed E-state index contributed by atoms with van der Waals surface area (Å²) in [6.07, 6.45) is 7.15. The summed E-state index contributed by atoms with van der Waals surface area (Å²) in [4.78, 5) is 4.27. The maximum atomic E-state index is 11.4. The first kappa shape index (κ1) is 13.1. The van der Waals surface area contributed by atoms with Gasteiger partial charge in [0, 0.05) is 26.0 Å². The fourth-order valence-corrected chi connectivity index (χ4v) is 2.80. The first-order valence-electron chi connectivity index (χ1n) is 5.47. The molecule has 4 nitrogen and oxygen atoms in total. The van der Waals surface area contributed by atoms with Crippen molar-refractivity contribution < 1.29 is 8.42 Å². The van der Waals surface area contributed by atoms with Crippen LogP contribution in [0.25, 0.3) is 0 Å². The highest BCUT2D eigenvalue weighted by atomic mass is 32.2. The Morgan fingerprint density at radius 3 is 2.69 bits per heavy atom. The molecule has 1 rings (SSSR count). The van der Waals surface area contributed by atoms with Crippen molar-refractivity contribution >= 4 is 9.84 Å². The molecule has 1 aliphatic rings. The minimum absolute atomic E-state index is 0.0966. The lowest BCUT2D eigenvalue weighted by Crippen LogP contribution is -2.23. The molecule has 0 saturated carbocycles. The van der Waals surface area contributed by atoms with E-state index in [4.69, 9.17) is 0 Å². The molecule has 0 radical (unpaired) electrons. The van der Waals surface area contributed by atoms with E-state index in [-0.39, 0.29) is 11.5 Å². The summed E-state index contributed by atoms with van der Waals surface area (Å²) < 4.78 is 22.7. The SMILES string of the molecule is C=CCS(=O)(=O)CCCCN1C=CN(C)C1. The van der Waals surface area contributed by atoms with Gasteiger partial charge in [-0.2, -0.15) is 0 Å². The quantitative estimate of drug-likeness (QED) is 0.496. The number of unbranched alkanes of at least 4 members (excludes halogenated alkanes) is 1. The molecule has 0 amide bonds. The molecule has 0 aromatic carbocycles. The third kappa shape index (κ3) is 4.70. The lowest BCUT2D eigenvalue weighted by atomic mass is 10.3. The summed E-state index contributed by atoms with van der Waals surface area (Å²) in [6, 6.07) is 0. The fraction of sp³-hybridized carbons (Fsp3) is 0.636. The molecule has 16 heavy (non-hydrogen) atoms.